The molecule has 4 fully saturated rings. The van der Waals surface area contributed by atoms with E-state index in [1.165, 1.54) is 38.5 Å². The summed E-state index contributed by atoms with van der Waals surface area (Å²) in [7, 11) is 1.93. The average molecular weight is 180 g/mol. The van der Waals surface area contributed by atoms with Crippen LogP contribution in [0, 0.1) is 17.3 Å². The lowest BCUT2D eigenvalue weighted by Gasteiger charge is -2.60. The van der Waals surface area contributed by atoms with Crippen LogP contribution >= 0.6 is 0 Å². The molecule has 0 N–H and O–H groups in total. The number of rotatable bonds is 1. The fourth-order valence-electron chi connectivity index (χ4n) is 4.87. The van der Waals surface area contributed by atoms with Gasteiger partial charge < -0.3 is 4.74 Å². The Hall–Kier alpha value is -0.0400. The first-order valence-corrected chi connectivity index (χ1v) is 5.68. The molecule has 2 unspecified atom stereocenters. The van der Waals surface area contributed by atoms with Gasteiger partial charge in [-0.3, -0.25) is 0 Å². The first-order chi connectivity index (χ1) is 6.13. The summed E-state index contributed by atoms with van der Waals surface area (Å²) in [4.78, 5) is 0. The average Bonchev–Trinajstić information content (AvgIpc) is 1.99. The van der Waals surface area contributed by atoms with E-state index in [0.717, 1.165) is 11.8 Å². The molecule has 74 valence electrons. The third-order valence-corrected chi connectivity index (χ3v) is 4.73. The fourth-order valence-corrected chi connectivity index (χ4v) is 4.87. The van der Waals surface area contributed by atoms with E-state index >= 15 is 0 Å². The van der Waals surface area contributed by atoms with Crippen LogP contribution in [0.2, 0.25) is 0 Å². The molecule has 0 saturated heterocycles. The van der Waals surface area contributed by atoms with E-state index in [1.54, 1.807) is 0 Å². The highest BCUT2D eigenvalue weighted by atomic mass is 16.5. The third-order valence-electron chi connectivity index (χ3n) is 4.73. The molecule has 0 aromatic carbocycles. The zero-order chi connectivity index (χ0) is 9.10. The monoisotopic (exact) mass is 180 g/mol. The standard InChI is InChI=1S/C12H20O/c1-11-4-9-3-10(5-11)7-12(6-9,8-11)13-2/h9-10H,3-8H2,1-2H3. The van der Waals surface area contributed by atoms with Gasteiger partial charge in [0.05, 0.1) is 5.60 Å². The smallest absolute Gasteiger partial charge is 0.0689 e. The van der Waals surface area contributed by atoms with Gasteiger partial charge in [0.1, 0.15) is 0 Å². The summed E-state index contributed by atoms with van der Waals surface area (Å²) in [5.41, 5.74) is 0.943. The summed E-state index contributed by atoms with van der Waals surface area (Å²) in [5, 5.41) is 0. The second kappa shape index (κ2) is 2.31. The van der Waals surface area contributed by atoms with Gasteiger partial charge >= 0.3 is 0 Å². The van der Waals surface area contributed by atoms with E-state index < -0.39 is 0 Å². The van der Waals surface area contributed by atoms with Crippen molar-refractivity contribution in [2.24, 2.45) is 17.3 Å². The molecule has 0 radical (unpaired) electrons. The zero-order valence-corrected chi connectivity index (χ0v) is 8.81. The third kappa shape index (κ3) is 1.09. The summed E-state index contributed by atoms with van der Waals surface area (Å²) < 4.78 is 5.82. The topological polar surface area (TPSA) is 9.23 Å². The second-order valence-corrected chi connectivity index (χ2v) is 6.16. The summed E-state index contributed by atoms with van der Waals surface area (Å²) in [6, 6.07) is 0. The van der Waals surface area contributed by atoms with Gasteiger partial charge in [0.25, 0.3) is 0 Å². The van der Waals surface area contributed by atoms with E-state index in [9.17, 15) is 0 Å². The molecule has 4 saturated carbocycles. The molecule has 4 aliphatic rings. The molecule has 4 bridgehead atoms. The lowest BCUT2D eigenvalue weighted by Crippen LogP contribution is -2.55. The van der Waals surface area contributed by atoms with Gasteiger partial charge in [0, 0.05) is 7.11 Å². The summed E-state index contributed by atoms with van der Waals surface area (Å²) in [5.74, 6) is 1.98. The van der Waals surface area contributed by atoms with Crippen molar-refractivity contribution < 1.29 is 4.74 Å². The fraction of sp³-hybridized carbons (Fsp3) is 1.00. The number of hydrogen-bond acceptors (Lipinski definition) is 1. The molecule has 13 heavy (non-hydrogen) atoms. The molecule has 2 atom stereocenters. The van der Waals surface area contributed by atoms with Gasteiger partial charge in [-0.05, 0) is 55.8 Å². The Bertz CT molecular complexity index is 219. The van der Waals surface area contributed by atoms with Crippen LogP contribution in [0.1, 0.15) is 45.4 Å². The Labute approximate surface area is 80.8 Å². The zero-order valence-electron chi connectivity index (χ0n) is 8.81. The SMILES string of the molecule is COC12CC3CC(CC(C)(C3)C1)C2. The van der Waals surface area contributed by atoms with Crippen LogP contribution < -0.4 is 0 Å². The molecule has 0 spiro atoms. The van der Waals surface area contributed by atoms with E-state index in [4.69, 9.17) is 4.74 Å². The Kier molecular flexibility index (Phi) is 1.47. The minimum absolute atomic E-state index is 0.304. The maximum absolute atomic E-state index is 5.82. The first-order valence-electron chi connectivity index (χ1n) is 5.68. The summed E-state index contributed by atoms with van der Waals surface area (Å²) >= 11 is 0. The van der Waals surface area contributed by atoms with E-state index in [0.29, 0.717) is 11.0 Å². The van der Waals surface area contributed by atoms with Gasteiger partial charge in [-0.25, -0.2) is 0 Å². The Morgan fingerprint density at radius 1 is 1.08 bits per heavy atom. The molecule has 0 amide bonds. The van der Waals surface area contributed by atoms with Gasteiger partial charge in [-0.15, -0.1) is 0 Å². The van der Waals surface area contributed by atoms with Crippen molar-refractivity contribution in [3.8, 4) is 0 Å². The molecule has 4 rings (SSSR count). The van der Waals surface area contributed by atoms with Crippen molar-refractivity contribution in [1.29, 1.82) is 0 Å². The summed E-state index contributed by atoms with van der Waals surface area (Å²) in [6.45, 7) is 2.48. The molecule has 4 aliphatic carbocycles. The quantitative estimate of drug-likeness (QED) is 0.602. The second-order valence-electron chi connectivity index (χ2n) is 6.16. The maximum Gasteiger partial charge on any atom is 0.0689 e. The van der Waals surface area contributed by atoms with Gasteiger partial charge in [0.15, 0.2) is 0 Å². The first kappa shape index (κ1) is 8.28. The van der Waals surface area contributed by atoms with Crippen molar-refractivity contribution in [3.63, 3.8) is 0 Å². The van der Waals surface area contributed by atoms with Crippen LogP contribution in [0.5, 0.6) is 0 Å². The Balaban J connectivity index is 1.95. The van der Waals surface area contributed by atoms with Crippen LogP contribution in [-0.4, -0.2) is 12.7 Å². The van der Waals surface area contributed by atoms with Gasteiger partial charge in [0.2, 0.25) is 0 Å². The molecule has 0 aromatic heterocycles. The Morgan fingerprint density at radius 2 is 1.69 bits per heavy atom. The van der Waals surface area contributed by atoms with Crippen molar-refractivity contribution >= 4 is 0 Å². The lowest BCUT2D eigenvalue weighted by atomic mass is 9.48. The lowest BCUT2D eigenvalue weighted by molar-refractivity contribution is -0.174. The highest BCUT2D eigenvalue weighted by Gasteiger charge is 2.55. The predicted octanol–water partition coefficient (Wildman–Crippen LogP) is 2.99. The number of hydrogen-bond donors (Lipinski definition) is 0. The predicted molar refractivity (Wildman–Crippen MR) is 52.5 cm³/mol. The summed E-state index contributed by atoms with van der Waals surface area (Å²) in [6.07, 6.45) is 8.51. The highest BCUT2D eigenvalue weighted by molar-refractivity contribution is 5.07. The van der Waals surface area contributed by atoms with Crippen molar-refractivity contribution in [1.82, 2.24) is 0 Å². The number of ether oxygens (including phenoxy) is 1. The minimum atomic E-state index is 0.304. The molecular weight excluding hydrogens is 160 g/mol. The van der Waals surface area contributed by atoms with Crippen molar-refractivity contribution in [2.75, 3.05) is 7.11 Å². The molecule has 1 heteroatoms. The minimum Gasteiger partial charge on any atom is -0.378 e. The van der Waals surface area contributed by atoms with E-state index in [1.807, 2.05) is 7.11 Å². The van der Waals surface area contributed by atoms with Crippen LogP contribution in [0.3, 0.4) is 0 Å². The maximum atomic E-state index is 5.82. The normalized spacial score (nSPS) is 58.6. The van der Waals surface area contributed by atoms with Crippen molar-refractivity contribution in [2.45, 2.75) is 51.0 Å². The van der Waals surface area contributed by atoms with Crippen LogP contribution in [-0.2, 0) is 4.74 Å². The molecule has 0 heterocycles. The van der Waals surface area contributed by atoms with Crippen LogP contribution in [0.25, 0.3) is 0 Å². The van der Waals surface area contributed by atoms with E-state index in [2.05, 4.69) is 6.92 Å². The van der Waals surface area contributed by atoms with Crippen molar-refractivity contribution in [3.05, 3.63) is 0 Å². The molecule has 1 nitrogen and oxygen atoms in total. The molecular formula is C12H20O. The molecule has 0 aliphatic heterocycles. The largest absolute Gasteiger partial charge is 0.378 e. The Morgan fingerprint density at radius 3 is 2.15 bits per heavy atom. The van der Waals surface area contributed by atoms with E-state index in [-0.39, 0.29) is 0 Å². The van der Waals surface area contributed by atoms with Crippen LogP contribution in [0.4, 0.5) is 0 Å². The van der Waals surface area contributed by atoms with Gasteiger partial charge in [-0.1, -0.05) is 6.92 Å². The number of methoxy groups -OCH3 is 1. The van der Waals surface area contributed by atoms with Gasteiger partial charge in [-0.2, -0.15) is 0 Å². The van der Waals surface area contributed by atoms with Crippen LogP contribution in [0.15, 0.2) is 0 Å². The molecule has 0 aromatic rings. The highest BCUT2D eigenvalue weighted by Crippen LogP contribution is 2.62.